The van der Waals surface area contributed by atoms with Gasteiger partial charge in [-0.15, -0.1) is 0 Å². The molecule has 1 fully saturated rings. The first-order chi connectivity index (χ1) is 9.65. The van der Waals surface area contributed by atoms with E-state index in [2.05, 4.69) is 21.2 Å². The van der Waals surface area contributed by atoms with E-state index in [1.54, 1.807) is 6.07 Å². The first kappa shape index (κ1) is 15.9. The van der Waals surface area contributed by atoms with Crippen LogP contribution < -0.4 is 11.1 Å². The lowest BCUT2D eigenvalue weighted by Gasteiger charge is -2.34. The number of halogens is 2. The zero-order valence-electron chi connectivity index (χ0n) is 11.5. The van der Waals surface area contributed by atoms with E-state index < -0.39 is 0 Å². The van der Waals surface area contributed by atoms with Crippen molar-refractivity contribution < 1.29 is 9.50 Å². The van der Waals surface area contributed by atoms with Gasteiger partial charge in [-0.2, -0.15) is 0 Å². The minimum atomic E-state index is -0.259. The van der Waals surface area contributed by atoms with Crippen molar-refractivity contribution in [3.63, 3.8) is 0 Å². The van der Waals surface area contributed by atoms with Crippen molar-refractivity contribution in [3.05, 3.63) is 34.1 Å². The Kier molecular flexibility index (Phi) is 5.96. The second-order valence-electron chi connectivity index (χ2n) is 5.45. The highest BCUT2D eigenvalue weighted by Gasteiger charge is 2.27. The van der Waals surface area contributed by atoms with Gasteiger partial charge in [0.15, 0.2) is 0 Å². The summed E-state index contributed by atoms with van der Waals surface area (Å²) in [7, 11) is 0. The van der Waals surface area contributed by atoms with Gasteiger partial charge in [0.05, 0.1) is 0 Å². The van der Waals surface area contributed by atoms with Crippen LogP contribution >= 0.6 is 15.9 Å². The van der Waals surface area contributed by atoms with Crippen LogP contribution in [0.15, 0.2) is 22.7 Å². The molecule has 20 heavy (non-hydrogen) atoms. The molecule has 0 amide bonds. The summed E-state index contributed by atoms with van der Waals surface area (Å²) in [4.78, 5) is 0. The monoisotopic (exact) mass is 344 g/mol. The molecule has 1 aliphatic rings. The SMILES string of the molecule is NCC(NC1CCCCC1CO)c1cc(F)ccc1Br. The summed E-state index contributed by atoms with van der Waals surface area (Å²) in [6.07, 6.45) is 4.40. The maximum absolute atomic E-state index is 13.4. The van der Waals surface area contributed by atoms with E-state index in [9.17, 15) is 9.50 Å². The van der Waals surface area contributed by atoms with E-state index in [-0.39, 0.29) is 30.4 Å². The molecule has 0 aromatic heterocycles. The highest BCUT2D eigenvalue weighted by Crippen LogP contribution is 2.29. The lowest BCUT2D eigenvalue weighted by atomic mass is 9.84. The number of rotatable bonds is 5. The number of nitrogens with two attached hydrogens (primary N) is 1. The summed E-state index contributed by atoms with van der Waals surface area (Å²) in [5, 5.41) is 13.0. The molecule has 0 heterocycles. The minimum absolute atomic E-state index is 0.0998. The largest absolute Gasteiger partial charge is 0.396 e. The quantitative estimate of drug-likeness (QED) is 0.769. The third-order valence-electron chi connectivity index (χ3n) is 4.13. The molecule has 1 aromatic carbocycles. The van der Waals surface area contributed by atoms with Gasteiger partial charge in [0, 0.05) is 29.7 Å². The van der Waals surface area contributed by atoms with Crippen molar-refractivity contribution in [2.45, 2.75) is 37.8 Å². The second kappa shape index (κ2) is 7.50. The Hall–Kier alpha value is -0.490. The number of nitrogens with one attached hydrogen (secondary N) is 1. The van der Waals surface area contributed by atoms with E-state index in [1.807, 2.05) is 0 Å². The van der Waals surface area contributed by atoms with E-state index in [0.717, 1.165) is 29.3 Å². The molecular weight excluding hydrogens is 323 g/mol. The van der Waals surface area contributed by atoms with Crippen LogP contribution in [0.4, 0.5) is 4.39 Å². The molecule has 3 unspecified atom stereocenters. The zero-order chi connectivity index (χ0) is 14.5. The van der Waals surface area contributed by atoms with Crippen molar-refractivity contribution in [2.75, 3.05) is 13.2 Å². The van der Waals surface area contributed by atoms with E-state index in [4.69, 9.17) is 5.73 Å². The van der Waals surface area contributed by atoms with E-state index in [1.165, 1.54) is 18.6 Å². The first-order valence-electron chi connectivity index (χ1n) is 7.17. The standard InChI is InChI=1S/C15H22BrFN2O/c16-13-6-5-11(17)7-12(13)15(8-18)19-14-4-2-1-3-10(14)9-20/h5-7,10,14-15,19-20H,1-4,8-9,18H2. The van der Waals surface area contributed by atoms with Gasteiger partial charge in [0.1, 0.15) is 5.82 Å². The fourth-order valence-electron chi connectivity index (χ4n) is 2.97. The van der Waals surface area contributed by atoms with Gasteiger partial charge >= 0.3 is 0 Å². The molecule has 0 aliphatic heterocycles. The van der Waals surface area contributed by atoms with E-state index in [0.29, 0.717) is 6.54 Å². The van der Waals surface area contributed by atoms with Gasteiger partial charge in [-0.3, -0.25) is 0 Å². The van der Waals surface area contributed by atoms with Crippen LogP contribution in [0.5, 0.6) is 0 Å². The summed E-state index contributed by atoms with van der Waals surface area (Å²) in [5.74, 6) is 0.0101. The Morgan fingerprint density at radius 3 is 2.85 bits per heavy atom. The fraction of sp³-hybridized carbons (Fsp3) is 0.600. The van der Waals surface area contributed by atoms with Crippen LogP contribution in [0.25, 0.3) is 0 Å². The molecule has 112 valence electrons. The molecule has 0 radical (unpaired) electrons. The third-order valence-corrected chi connectivity index (χ3v) is 4.85. The Morgan fingerprint density at radius 2 is 2.15 bits per heavy atom. The zero-order valence-corrected chi connectivity index (χ0v) is 13.1. The molecule has 0 saturated heterocycles. The minimum Gasteiger partial charge on any atom is -0.396 e. The van der Waals surface area contributed by atoms with Crippen molar-refractivity contribution in [3.8, 4) is 0 Å². The van der Waals surface area contributed by atoms with Crippen molar-refractivity contribution in [2.24, 2.45) is 11.7 Å². The second-order valence-corrected chi connectivity index (χ2v) is 6.31. The summed E-state index contributed by atoms with van der Waals surface area (Å²) < 4.78 is 14.3. The molecule has 1 aliphatic carbocycles. The lowest BCUT2D eigenvalue weighted by Crippen LogP contribution is -2.44. The summed E-state index contributed by atoms with van der Waals surface area (Å²) in [6, 6.07) is 4.80. The Bertz CT molecular complexity index is 444. The first-order valence-corrected chi connectivity index (χ1v) is 7.97. The highest BCUT2D eigenvalue weighted by atomic mass is 79.9. The average molecular weight is 345 g/mol. The molecule has 0 bridgehead atoms. The Labute approximate surface area is 127 Å². The van der Waals surface area contributed by atoms with Crippen LogP contribution in [-0.2, 0) is 0 Å². The average Bonchev–Trinajstić information content (AvgIpc) is 2.48. The molecule has 0 spiro atoms. The van der Waals surface area contributed by atoms with Gasteiger partial charge in [0.25, 0.3) is 0 Å². The summed E-state index contributed by atoms with van der Waals surface area (Å²) in [5.41, 5.74) is 6.70. The smallest absolute Gasteiger partial charge is 0.123 e. The van der Waals surface area contributed by atoms with Crippen molar-refractivity contribution in [1.29, 1.82) is 0 Å². The fourth-order valence-corrected chi connectivity index (χ4v) is 3.49. The highest BCUT2D eigenvalue weighted by molar-refractivity contribution is 9.10. The summed E-state index contributed by atoms with van der Waals surface area (Å²) >= 11 is 3.46. The third kappa shape index (κ3) is 3.79. The lowest BCUT2D eigenvalue weighted by molar-refractivity contribution is 0.146. The molecule has 5 heteroatoms. The normalized spacial score (nSPS) is 24.6. The summed E-state index contributed by atoms with van der Waals surface area (Å²) in [6.45, 7) is 0.593. The Balaban J connectivity index is 2.13. The van der Waals surface area contributed by atoms with Gasteiger partial charge in [-0.25, -0.2) is 4.39 Å². The van der Waals surface area contributed by atoms with Crippen LogP contribution in [0.3, 0.4) is 0 Å². The van der Waals surface area contributed by atoms with Gasteiger partial charge in [-0.1, -0.05) is 28.8 Å². The molecule has 1 saturated carbocycles. The van der Waals surface area contributed by atoms with Crippen molar-refractivity contribution >= 4 is 15.9 Å². The number of benzene rings is 1. The van der Waals surface area contributed by atoms with Crippen LogP contribution in [-0.4, -0.2) is 24.3 Å². The number of aliphatic hydroxyl groups is 1. The molecular formula is C15H22BrFN2O. The van der Waals surface area contributed by atoms with Gasteiger partial charge < -0.3 is 16.2 Å². The van der Waals surface area contributed by atoms with Gasteiger partial charge in [-0.05, 0) is 42.5 Å². The van der Waals surface area contributed by atoms with Crippen LogP contribution in [0.2, 0.25) is 0 Å². The maximum atomic E-state index is 13.4. The van der Waals surface area contributed by atoms with E-state index >= 15 is 0 Å². The molecule has 2 rings (SSSR count). The number of aliphatic hydroxyl groups excluding tert-OH is 1. The van der Waals surface area contributed by atoms with Gasteiger partial charge in [0.2, 0.25) is 0 Å². The topological polar surface area (TPSA) is 58.3 Å². The molecule has 3 nitrogen and oxygen atoms in total. The number of hydrogen-bond donors (Lipinski definition) is 3. The molecule has 1 aromatic rings. The number of hydrogen-bond acceptors (Lipinski definition) is 3. The van der Waals surface area contributed by atoms with Crippen molar-refractivity contribution in [1.82, 2.24) is 5.32 Å². The molecule has 4 N–H and O–H groups in total. The molecule has 3 atom stereocenters. The van der Waals surface area contributed by atoms with Crippen LogP contribution in [0.1, 0.15) is 37.3 Å². The Morgan fingerprint density at radius 1 is 1.40 bits per heavy atom. The van der Waals surface area contributed by atoms with Crippen LogP contribution in [0, 0.1) is 11.7 Å². The predicted molar refractivity (Wildman–Crippen MR) is 81.9 cm³/mol. The predicted octanol–water partition coefficient (Wildman–Crippen LogP) is 2.73. The maximum Gasteiger partial charge on any atom is 0.123 e.